The average molecular weight is 243 g/mol. The summed E-state index contributed by atoms with van der Waals surface area (Å²) in [6, 6.07) is 0. The van der Waals surface area contributed by atoms with Crippen molar-refractivity contribution in [1.82, 2.24) is 15.0 Å². The quantitative estimate of drug-likeness (QED) is 0.689. The Bertz CT molecular complexity index is 264. The highest BCUT2D eigenvalue weighted by molar-refractivity contribution is 4.89. The molecule has 0 fully saturated rings. The fraction of sp³-hybridized carbons (Fsp3) is 0.833. The fourth-order valence-corrected chi connectivity index (χ4v) is 1.02. The van der Waals surface area contributed by atoms with Gasteiger partial charge in [0.15, 0.2) is 0 Å². The molecule has 5 nitrogen and oxygen atoms in total. The molecule has 0 amide bonds. The van der Waals surface area contributed by atoms with Crippen LogP contribution in [0, 0.1) is 0 Å². The van der Waals surface area contributed by atoms with Gasteiger partial charge in [-0.1, -0.05) is 32.4 Å². The molecule has 0 saturated carbocycles. The minimum Gasteiger partial charge on any atom is -0.383 e. The molecule has 0 bridgehead atoms. The minimum absolute atomic E-state index is 0.542. The van der Waals surface area contributed by atoms with Gasteiger partial charge in [-0.3, -0.25) is 0 Å². The maximum Gasteiger partial charge on any atom is 0.108 e. The van der Waals surface area contributed by atoms with Crippen molar-refractivity contribution in [3.8, 4) is 0 Å². The zero-order valence-corrected chi connectivity index (χ0v) is 11.5. The van der Waals surface area contributed by atoms with E-state index in [0.717, 1.165) is 25.3 Å². The molecule has 0 unspecified atom stereocenters. The molecule has 0 N–H and O–H groups in total. The summed E-state index contributed by atoms with van der Waals surface area (Å²) in [5.74, 6) is 0. The zero-order valence-electron chi connectivity index (χ0n) is 11.5. The SMILES string of the molecule is CCC.CCCOCc1cn(CCOC)nn1. The Morgan fingerprint density at radius 3 is 2.53 bits per heavy atom. The predicted molar refractivity (Wildman–Crippen MR) is 67.8 cm³/mol. The standard InChI is InChI=1S/C9H17N3O2.C3H8/c1-3-5-14-8-9-7-12(11-10-9)4-6-13-2;1-3-2/h7H,3-6,8H2,1-2H3;3H2,1-2H3. The Kier molecular flexibility index (Phi) is 10.9. The molecule has 5 heteroatoms. The Morgan fingerprint density at radius 1 is 1.24 bits per heavy atom. The van der Waals surface area contributed by atoms with E-state index in [1.54, 1.807) is 11.8 Å². The number of methoxy groups -OCH3 is 1. The summed E-state index contributed by atoms with van der Waals surface area (Å²) >= 11 is 0. The molecule has 1 aromatic rings. The van der Waals surface area contributed by atoms with Crippen molar-refractivity contribution in [2.24, 2.45) is 0 Å². The minimum atomic E-state index is 0.542. The maximum absolute atomic E-state index is 5.34. The summed E-state index contributed by atoms with van der Waals surface area (Å²) in [7, 11) is 1.67. The molecule has 100 valence electrons. The van der Waals surface area contributed by atoms with Crippen molar-refractivity contribution < 1.29 is 9.47 Å². The van der Waals surface area contributed by atoms with Crippen molar-refractivity contribution in [3.63, 3.8) is 0 Å². The lowest BCUT2D eigenvalue weighted by molar-refractivity contribution is 0.119. The predicted octanol–water partition coefficient (Wildman–Crippen LogP) is 2.27. The van der Waals surface area contributed by atoms with Crippen LogP contribution in [0.5, 0.6) is 0 Å². The van der Waals surface area contributed by atoms with Crippen LogP contribution in [0.2, 0.25) is 0 Å². The summed E-state index contributed by atoms with van der Waals surface area (Å²) in [5.41, 5.74) is 0.870. The second-order valence-electron chi connectivity index (χ2n) is 3.73. The fourth-order valence-electron chi connectivity index (χ4n) is 1.02. The molecular formula is C12H25N3O2. The maximum atomic E-state index is 5.34. The van der Waals surface area contributed by atoms with Gasteiger partial charge in [-0.05, 0) is 6.42 Å². The Labute approximate surface area is 104 Å². The normalized spacial score (nSPS) is 9.88. The number of aromatic nitrogens is 3. The van der Waals surface area contributed by atoms with E-state index in [9.17, 15) is 0 Å². The van der Waals surface area contributed by atoms with Crippen molar-refractivity contribution in [2.45, 2.75) is 46.8 Å². The molecule has 1 heterocycles. The van der Waals surface area contributed by atoms with Crippen molar-refractivity contribution in [3.05, 3.63) is 11.9 Å². The number of rotatable bonds is 7. The highest BCUT2D eigenvalue weighted by Crippen LogP contribution is 1.96. The molecular weight excluding hydrogens is 218 g/mol. The average Bonchev–Trinajstić information content (AvgIpc) is 2.76. The van der Waals surface area contributed by atoms with E-state index in [2.05, 4.69) is 31.1 Å². The van der Waals surface area contributed by atoms with Crippen LogP contribution >= 0.6 is 0 Å². The smallest absolute Gasteiger partial charge is 0.108 e. The van der Waals surface area contributed by atoms with Crippen molar-refractivity contribution in [1.29, 1.82) is 0 Å². The highest BCUT2D eigenvalue weighted by Gasteiger charge is 1.99. The first-order chi connectivity index (χ1) is 8.28. The largest absolute Gasteiger partial charge is 0.383 e. The van der Waals surface area contributed by atoms with Gasteiger partial charge in [0.2, 0.25) is 0 Å². The zero-order chi connectivity index (χ0) is 12.9. The van der Waals surface area contributed by atoms with Crippen LogP contribution in [0.25, 0.3) is 0 Å². The van der Waals surface area contributed by atoms with Crippen molar-refractivity contribution >= 4 is 0 Å². The number of hydrogen-bond acceptors (Lipinski definition) is 4. The Hall–Kier alpha value is -0.940. The second kappa shape index (κ2) is 11.5. The molecule has 1 rings (SSSR count). The van der Waals surface area contributed by atoms with E-state index in [0.29, 0.717) is 13.2 Å². The first kappa shape index (κ1) is 16.1. The molecule has 0 spiro atoms. The molecule has 1 aromatic heterocycles. The molecule has 0 aliphatic rings. The van der Waals surface area contributed by atoms with Gasteiger partial charge >= 0.3 is 0 Å². The van der Waals surface area contributed by atoms with E-state index in [4.69, 9.17) is 9.47 Å². The summed E-state index contributed by atoms with van der Waals surface area (Å²) in [5, 5.41) is 7.91. The van der Waals surface area contributed by atoms with Gasteiger partial charge < -0.3 is 9.47 Å². The summed E-state index contributed by atoms with van der Waals surface area (Å²) < 4.78 is 12.0. The topological polar surface area (TPSA) is 49.2 Å². The van der Waals surface area contributed by atoms with E-state index < -0.39 is 0 Å². The first-order valence-electron chi connectivity index (χ1n) is 6.24. The Balaban J connectivity index is 0.000000770. The van der Waals surface area contributed by atoms with Crippen molar-refractivity contribution in [2.75, 3.05) is 20.3 Å². The van der Waals surface area contributed by atoms with Gasteiger partial charge in [0, 0.05) is 13.7 Å². The first-order valence-corrected chi connectivity index (χ1v) is 6.24. The molecule has 0 radical (unpaired) electrons. The number of hydrogen-bond donors (Lipinski definition) is 0. The number of nitrogens with zero attached hydrogens (tertiary/aromatic N) is 3. The summed E-state index contributed by atoms with van der Waals surface area (Å²) in [6.45, 7) is 9.02. The third-order valence-corrected chi connectivity index (χ3v) is 1.71. The van der Waals surface area contributed by atoms with Crippen LogP contribution in [0.3, 0.4) is 0 Å². The van der Waals surface area contributed by atoms with Gasteiger partial charge in [0.05, 0.1) is 26.0 Å². The van der Waals surface area contributed by atoms with Crippen LogP contribution in [-0.2, 0) is 22.6 Å². The lowest BCUT2D eigenvalue weighted by Crippen LogP contribution is -2.04. The molecule has 17 heavy (non-hydrogen) atoms. The van der Waals surface area contributed by atoms with Gasteiger partial charge in [-0.15, -0.1) is 5.10 Å². The van der Waals surface area contributed by atoms with Gasteiger partial charge in [0.25, 0.3) is 0 Å². The van der Waals surface area contributed by atoms with Gasteiger partial charge in [0.1, 0.15) is 5.69 Å². The van der Waals surface area contributed by atoms with Crippen LogP contribution in [0.4, 0.5) is 0 Å². The molecule has 0 aliphatic heterocycles. The third kappa shape index (κ3) is 8.83. The monoisotopic (exact) mass is 243 g/mol. The van der Waals surface area contributed by atoms with E-state index in [-0.39, 0.29) is 0 Å². The van der Waals surface area contributed by atoms with E-state index in [1.807, 2.05) is 6.20 Å². The third-order valence-electron chi connectivity index (χ3n) is 1.71. The molecule has 0 atom stereocenters. The van der Waals surface area contributed by atoms with Crippen LogP contribution in [-0.4, -0.2) is 35.3 Å². The van der Waals surface area contributed by atoms with E-state index >= 15 is 0 Å². The molecule has 0 saturated heterocycles. The van der Waals surface area contributed by atoms with Gasteiger partial charge in [-0.2, -0.15) is 0 Å². The van der Waals surface area contributed by atoms with Crippen LogP contribution in [0.1, 0.15) is 39.3 Å². The van der Waals surface area contributed by atoms with Crippen LogP contribution in [0.15, 0.2) is 6.20 Å². The van der Waals surface area contributed by atoms with Gasteiger partial charge in [-0.25, -0.2) is 4.68 Å². The molecule has 0 aliphatic carbocycles. The molecule has 0 aromatic carbocycles. The highest BCUT2D eigenvalue weighted by atomic mass is 16.5. The van der Waals surface area contributed by atoms with Crippen LogP contribution < -0.4 is 0 Å². The second-order valence-corrected chi connectivity index (χ2v) is 3.73. The lowest BCUT2D eigenvalue weighted by Gasteiger charge is -1.98. The summed E-state index contributed by atoms with van der Waals surface area (Å²) in [4.78, 5) is 0. The lowest BCUT2D eigenvalue weighted by atomic mass is 10.5. The Morgan fingerprint density at radius 2 is 1.94 bits per heavy atom. The summed E-state index contributed by atoms with van der Waals surface area (Å²) in [6.07, 6.45) is 4.16. The number of ether oxygens (including phenoxy) is 2. The van der Waals surface area contributed by atoms with E-state index in [1.165, 1.54) is 6.42 Å².